The molecular formula is C20H12FNO3. The Kier molecular flexibility index (Phi) is 4.44. The molecule has 1 heterocycles. The van der Waals surface area contributed by atoms with Gasteiger partial charge in [-0.25, -0.2) is 9.18 Å². The fraction of sp³-hybridized carbons (Fsp3) is 0. The summed E-state index contributed by atoms with van der Waals surface area (Å²) in [4.78, 5) is 10.9. The van der Waals surface area contributed by atoms with Crippen LogP contribution in [0.4, 0.5) is 4.39 Å². The lowest BCUT2D eigenvalue weighted by atomic mass is 10.1. The van der Waals surface area contributed by atoms with Gasteiger partial charge in [-0.15, -0.1) is 0 Å². The van der Waals surface area contributed by atoms with Gasteiger partial charge in [0, 0.05) is 11.1 Å². The highest BCUT2D eigenvalue weighted by atomic mass is 19.1. The van der Waals surface area contributed by atoms with Crippen LogP contribution in [0.25, 0.3) is 23.0 Å². The number of carbonyl (C=O) groups is 1. The van der Waals surface area contributed by atoms with Crippen molar-refractivity contribution in [2.45, 2.75) is 0 Å². The van der Waals surface area contributed by atoms with Gasteiger partial charge in [0.05, 0.1) is 17.2 Å². The predicted molar refractivity (Wildman–Crippen MR) is 91.0 cm³/mol. The lowest BCUT2D eigenvalue weighted by Gasteiger charge is -2.00. The van der Waals surface area contributed by atoms with Gasteiger partial charge in [-0.2, -0.15) is 5.26 Å². The second kappa shape index (κ2) is 6.85. The number of hydrogen-bond acceptors (Lipinski definition) is 3. The zero-order valence-corrected chi connectivity index (χ0v) is 12.9. The Bertz CT molecular complexity index is 994. The fourth-order valence-electron chi connectivity index (χ4n) is 2.35. The van der Waals surface area contributed by atoms with E-state index in [1.54, 1.807) is 36.4 Å². The highest BCUT2D eigenvalue weighted by molar-refractivity contribution is 5.89. The van der Waals surface area contributed by atoms with E-state index in [-0.39, 0.29) is 16.7 Å². The number of allylic oxidation sites excluding steroid dienone is 1. The van der Waals surface area contributed by atoms with Gasteiger partial charge in [0.25, 0.3) is 0 Å². The minimum absolute atomic E-state index is 0.153. The van der Waals surface area contributed by atoms with Crippen molar-refractivity contribution in [3.05, 3.63) is 83.4 Å². The lowest BCUT2D eigenvalue weighted by Crippen LogP contribution is -1.94. The molecule has 0 amide bonds. The molecule has 2 aromatic carbocycles. The van der Waals surface area contributed by atoms with Crippen molar-refractivity contribution in [1.29, 1.82) is 5.26 Å². The number of benzene rings is 2. The minimum atomic E-state index is -1.00. The zero-order valence-electron chi connectivity index (χ0n) is 12.9. The number of nitriles is 1. The molecule has 0 atom stereocenters. The summed E-state index contributed by atoms with van der Waals surface area (Å²) in [6.45, 7) is 0. The van der Waals surface area contributed by atoms with Crippen molar-refractivity contribution in [1.82, 2.24) is 0 Å². The Labute approximate surface area is 143 Å². The number of halogens is 1. The molecule has 0 radical (unpaired) electrons. The lowest BCUT2D eigenvalue weighted by molar-refractivity contribution is 0.0697. The van der Waals surface area contributed by atoms with E-state index in [2.05, 4.69) is 0 Å². The van der Waals surface area contributed by atoms with E-state index in [1.165, 1.54) is 30.3 Å². The second-order valence-corrected chi connectivity index (χ2v) is 5.23. The summed E-state index contributed by atoms with van der Waals surface area (Å²) >= 11 is 0. The molecule has 0 saturated heterocycles. The maximum atomic E-state index is 13.8. The summed E-state index contributed by atoms with van der Waals surface area (Å²) in [6.07, 6.45) is 1.47. The molecule has 0 aliphatic carbocycles. The molecule has 122 valence electrons. The molecule has 0 saturated carbocycles. The summed E-state index contributed by atoms with van der Waals surface area (Å²) in [5.74, 6) is -0.560. The fourth-order valence-corrected chi connectivity index (χ4v) is 2.35. The zero-order chi connectivity index (χ0) is 17.8. The van der Waals surface area contributed by atoms with E-state index in [0.29, 0.717) is 17.1 Å². The monoisotopic (exact) mass is 333 g/mol. The first-order chi connectivity index (χ1) is 12.1. The molecule has 1 N–H and O–H groups in total. The third kappa shape index (κ3) is 3.48. The molecule has 1 aromatic heterocycles. The summed E-state index contributed by atoms with van der Waals surface area (Å²) in [5.41, 5.74) is 1.24. The number of furan rings is 1. The van der Waals surface area contributed by atoms with Crippen LogP contribution in [0.15, 0.2) is 65.1 Å². The van der Waals surface area contributed by atoms with Crippen LogP contribution in [0.5, 0.6) is 0 Å². The van der Waals surface area contributed by atoms with Crippen LogP contribution in [-0.4, -0.2) is 11.1 Å². The van der Waals surface area contributed by atoms with Crippen LogP contribution in [-0.2, 0) is 0 Å². The predicted octanol–water partition coefficient (Wildman–Crippen LogP) is 4.85. The average molecular weight is 333 g/mol. The highest BCUT2D eigenvalue weighted by Gasteiger charge is 2.10. The number of carboxylic acid groups (broad SMARTS) is 1. The Morgan fingerprint density at radius 2 is 1.80 bits per heavy atom. The van der Waals surface area contributed by atoms with Crippen molar-refractivity contribution in [2.24, 2.45) is 0 Å². The molecule has 0 bridgehead atoms. The van der Waals surface area contributed by atoms with Crippen LogP contribution in [0, 0.1) is 17.1 Å². The Hall–Kier alpha value is -3.65. The third-order valence-electron chi connectivity index (χ3n) is 3.61. The van der Waals surface area contributed by atoms with Crippen molar-refractivity contribution in [2.75, 3.05) is 0 Å². The smallest absolute Gasteiger partial charge is 0.335 e. The number of carboxylic acids is 1. The maximum absolute atomic E-state index is 13.8. The molecule has 0 aliphatic rings. The van der Waals surface area contributed by atoms with Gasteiger partial charge in [-0.3, -0.25) is 0 Å². The van der Waals surface area contributed by atoms with E-state index in [0.717, 1.165) is 0 Å². The SMILES string of the molecule is N#CC(=Cc1ccc(-c2ccc(C(=O)O)cc2)o1)c1ccccc1F. The van der Waals surface area contributed by atoms with Gasteiger partial charge >= 0.3 is 5.97 Å². The van der Waals surface area contributed by atoms with Crippen LogP contribution >= 0.6 is 0 Å². The molecule has 3 rings (SSSR count). The second-order valence-electron chi connectivity index (χ2n) is 5.23. The summed E-state index contributed by atoms with van der Waals surface area (Å²) < 4.78 is 19.5. The van der Waals surface area contributed by atoms with Gasteiger partial charge in [0.1, 0.15) is 17.3 Å². The van der Waals surface area contributed by atoms with Crippen LogP contribution in [0.2, 0.25) is 0 Å². The van der Waals surface area contributed by atoms with Gasteiger partial charge < -0.3 is 9.52 Å². The summed E-state index contributed by atoms with van der Waals surface area (Å²) in [5, 5.41) is 18.2. The molecular weight excluding hydrogens is 321 g/mol. The van der Waals surface area contributed by atoms with Crippen molar-refractivity contribution in [3.8, 4) is 17.4 Å². The third-order valence-corrected chi connectivity index (χ3v) is 3.61. The van der Waals surface area contributed by atoms with Crippen LogP contribution < -0.4 is 0 Å². The average Bonchev–Trinajstić information content (AvgIpc) is 3.09. The van der Waals surface area contributed by atoms with Gasteiger partial charge in [0.15, 0.2) is 0 Å². The molecule has 3 aromatic rings. The minimum Gasteiger partial charge on any atom is -0.478 e. The molecule has 0 spiro atoms. The summed E-state index contributed by atoms with van der Waals surface area (Å²) in [6, 6.07) is 17.6. The van der Waals surface area contributed by atoms with Gasteiger partial charge in [-0.05, 0) is 36.4 Å². The first kappa shape index (κ1) is 16.2. The molecule has 4 nitrogen and oxygen atoms in total. The first-order valence-corrected chi connectivity index (χ1v) is 7.39. The van der Waals surface area contributed by atoms with E-state index >= 15 is 0 Å². The molecule has 0 unspecified atom stereocenters. The van der Waals surface area contributed by atoms with Gasteiger partial charge in [0.2, 0.25) is 0 Å². The Balaban J connectivity index is 1.92. The number of aromatic carboxylic acids is 1. The number of hydrogen-bond donors (Lipinski definition) is 1. The quantitative estimate of drug-likeness (QED) is 0.693. The molecule has 0 aliphatic heterocycles. The number of rotatable bonds is 4. The molecule has 5 heteroatoms. The van der Waals surface area contributed by atoms with Gasteiger partial charge in [-0.1, -0.05) is 30.3 Å². The maximum Gasteiger partial charge on any atom is 0.335 e. The van der Waals surface area contributed by atoms with Crippen LogP contribution in [0.1, 0.15) is 21.7 Å². The topological polar surface area (TPSA) is 74.2 Å². The number of nitrogens with zero attached hydrogens (tertiary/aromatic N) is 1. The Morgan fingerprint density at radius 3 is 2.44 bits per heavy atom. The van der Waals surface area contributed by atoms with Crippen molar-refractivity contribution in [3.63, 3.8) is 0 Å². The Morgan fingerprint density at radius 1 is 1.08 bits per heavy atom. The van der Waals surface area contributed by atoms with Crippen molar-refractivity contribution >= 4 is 17.6 Å². The summed E-state index contributed by atoms with van der Waals surface area (Å²) in [7, 11) is 0. The van der Waals surface area contributed by atoms with E-state index in [1.807, 2.05) is 6.07 Å². The first-order valence-electron chi connectivity index (χ1n) is 7.39. The van der Waals surface area contributed by atoms with Crippen molar-refractivity contribution < 1.29 is 18.7 Å². The van der Waals surface area contributed by atoms with E-state index < -0.39 is 11.8 Å². The largest absolute Gasteiger partial charge is 0.478 e. The normalized spacial score (nSPS) is 11.1. The molecule has 25 heavy (non-hydrogen) atoms. The molecule has 0 fully saturated rings. The van der Waals surface area contributed by atoms with E-state index in [4.69, 9.17) is 9.52 Å². The standard InChI is InChI=1S/C20H12FNO3/c21-18-4-2-1-3-17(18)15(12-22)11-16-9-10-19(25-16)13-5-7-14(8-6-13)20(23)24/h1-11H,(H,23,24). The van der Waals surface area contributed by atoms with E-state index in [9.17, 15) is 14.4 Å². The highest BCUT2D eigenvalue weighted by Crippen LogP contribution is 2.26. The van der Waals surface area contributed by atoms with Crippen LogP contribution in [0.3, 0.4) is 0 Å².